The molecule has 0 bridgehead atoms. The molecule has 2 N–H and O–H groups in total. The number of anilines is 1. The average Bonchev–Trinajstić information content (AvgIpc) is 2.82. The van der Waals surface area contributed by atoms with Crippen LogP contribution in [0.1, 0.15) is 6.42 Å². The van der Waals surface area contributed by atoms with Gasteiger partial charge in [-0.25, -0.2) is 9.78 Å². The summed E-state index contributed by atoms with van der Waals surface area (Å²) < 4.78 is 10.1. The van der Waals surface area contributed by atoms with E-state index in [2.05, 4.69) is 15.6 Å². The van der Waals surface area contributed by atoms with Crippen LogP contribution in [0.25, 0.3) is 0 Å². The van der Waals surface area contributed by atoms with Gasteiger partial charge in [-0.15, -0.1) is 0 Å². The molecule has 6 heteroatoms. The molecule has 0 spiro atoms. The predicted octanol–water partition coefficient (Wildman–Crippen LogP) is 1.00. The van der Waals surface area contributed by atoms with E-state index < -0.39 is 0 Å². The van der Waals surface area contributed by atoms with Gasteiger partial charge in [-0.2, -0.15) is 0 Å². The molecule has 2 amide bonds. The van der Waals surface area contributed by atoms with Crippen molar-refractivity contribution >= 4 is 11.7 Å². The van der Waals surface area contributed by atoms with Crippen LogP contribution in [0, 0.1) is 0 Å². The number of carbonyl (C=O) groups is 1. The molecule has 0 aromatic carbocycles. The summed E-state index contributed by atoms with van der Waals surface area (Å²) in [4.78, 5) is 15.6. The van der Waals surface area contributed by atoms with E-state index in [0.29, 0.717) is 24.8 Å². The number of ether oxygens (including phenoxy) is 2. The van der Waals surface area contributed by atoms with Gasteiger partial charge >= 0.3 is 6.03 Å². The van der Waals surface area contributed by atoms with Crippen molar-refractivity contribution in [2.24, 2.45) is 0 Å². The van der Waals surface area contributed by atoms with E-state index in [1.54, 1.807) is 25.4 Å². The second-order valence-corrected chi connectivity index (χ2v) is 3.75. The highest BCUT2D eigenvalue weighted by Gasteiger charge is 2.17. The summed E-state index contributed by atoms with van der Waals surface area (Å²) in [6.07, 6.45) is 2.40. The Balaban J connectivity index is 1.84. The Morgan fingerprint density at radius 2 is 2.47 bits per heavy atom. The Hall–Kier alpha value is -1.82. The maximum Gasteiger partial charge on any atom is 0.319 e. The van der Waals surface area contributed by atoms with Crippen molar-refractivity contribution in [1.29, 1.82) is 0 Å². The van der Waals surface area contributed by atoms with E-state index in [1.807, 2.05) is 0 Å². The summed E-state index contributed by atoms with van der Waals surface area (Å²) in [5, 5.41) is 5.52. The quantitative estimate of drug-likeness (QED) is 0.822. The van der Waals surface area contributed by atoms with Crippen LogP contribution < -0.4 is 15.4 Å². The number of methoxy groups -OCH3 is 1. The summed E-state index contributed by atoms with van der Waals surface area (Å²) in [6, 6.07) is 3.28. The minimum atomic E-state index is -0.243. The third-order valence-corrected chi connectivity index (χ3v) is 2.47. The number of urea groups is 1. The standard InChI is InChI=1S/C11H15N3O3/c1-16-10-3-2-8(6-12-10)13-11(15)14-9-4-5-17-7-9/h2-3,6,9H,4-5,7H2,1H3,(H2,13,14,15)/t9-/m1/s1. The topological polar surface area (TPSA) is 72.5 Å². The van der Waals surface area contributed by atoms with E-state index >= 15 is 0 Å². The molecule has 2 heterocycles. The van der Waals surface area contributed by atoms with Crippen molar-refractivity contribution < 1.29 is 14.3 Å². The molecular formula is C11H15N3O3. The van der Waals surface area contributed by atoms with Gasteiger partial charge in [0.15, 0.2) is 0 Å². The van der Waals surface area contributed by atoms with Gasteiger partial charge < -0.3 is 20.1 Å². The number of nitrogens with one attached hydrogen (secondary N) is 2. The van der Waals surface area contributed by atoms with Gasteiger partial charge in [0, 0.05) is 12.7 Å². The van der Waals surface area contributed by atoms with Gasteiger partial charge in [-0.3, -0.25) is 0 Å². The third kappa shape index (κ3) is 3.32. The van der Waals surface area contributed by atoms with Crippen LogP contribution in [0.15, 0.2) is 18.3 Å². The van der Waals surface area contributed by atoms with Gasteiger partial charge in [0.25, 0.3) is 0 Å². The lowest BCUT2D eigenvalue weighted by Crippen LogP contribution is -2.38. The first-order valence-electron chi connectivity index (χ1n) is 5.43. The maximum absolute atomic E-state index is 11.6. The van der Waals surface area contributed by atoms with E-state index in [1.165, 1.54) is 0 Å². The van der Waals surface area contributed by atoms with Crippen LogP contribution in [0.4, 0.5) is 10.5 Å². The van der Waals surface area contributed by atoms with Crippen LogP contribution in [-0.4, -0.2) is 37.4 Å². The zero-order chi connectivity index (χ0) is 12.1. The van der Waals surface area contributed by atoms with Gasteiger partial charge in [0.2, 0.25) is 5.88 Å². The molecule has 17 heavy (non-hydrogen) atoms. The SMILES string of the molecule is COc1ccc(NC(=O)N[C@@H]2CCOC2)cn1. The fraction of sp³-hybridized carbons (Fsp3) is 0.455. The van der Waals surface area contributed by atoms with E-state index in [0.717, 1.165) is 6.42 Å². The first-order chi connectivity index (χ1) is 8.28. The highest BCUT2D eigenvalue weighted by molar-refractivity contribution is 5.89. The second-order valence-electron chi connectivity index (χ2n) is 3.75. The Morgan fingerprint density at radius 3 is 3.06 bits per heavy atom. The zero-order valence-corrected chi connectivity index (χ0v) is 9.60. The molecule has 2 rings (SSSR count). The Labute approximate surface area is 99.3 Å². The second kappa shape index (κ2) is 5.49. The highest BCUT2D eigenvalue weighted by Crippen LogP contribution is 2.11. The van der Waals surface area contributed by atoms with E-state index in [9.17, 15) is 4.79 Å². The highest BCUT2D eigenvalue weighted by atomic mass is 16.5. The number of rotatable bonds is 3. The summed E-state index contributed by atoms with van der Waals surface area (Å²) >= 11 is 0. The van der Waals surface area contributed by atoms with Crippen LogP contribution >= 0.6 is 0 Å². The molecule has 1 aliphatic heterocycles. The van der Waals surface area contributed by atoms with Crippen molar-refractivity contribution in [3.8, 4) is 5.88 Å². The minimum absolute atomic E-state index is 0.0983. The Kier molecular flexibility index (Phi) is 3.77. The molecule has 0 aliphatic carbocycles. The molecule has 6 nitrogen and oxygen atoms in total. The van der Waals surface area contributed by atoms with Crippen LogP contribution in [0.2, 0.25) is 0 Å². The van der Waals surface area contributed by atoms with Crippen molar-refractivity contribution in [3.63, 3.8) is 0 Å². The number of hydrogen-bond acceptors (Lipinski definition) is 4. The summed E-state index contributed by atoms with van der Waals surface area (Å²) in [7, 11) is 1.54. The van der Waals surface area contributed by atoms with Crippen molar-refractivity contribution in [3.05, 3.63) is 18.3 Å². The largest absolute Gasteiger partial charge is 0.481 e. The van der Waals surface area contributed by atoms with Crippen LogP contribution in [0.3, 0.4) is 0 Å². The van der Waals surface area contributed by atoms with E-state index in [-0.39, 0.29) is 12.1 Å². The van der Waals surface area contributed by atoms with E-state index in [4.69, 9.17) is 9.47 Å². The molecule has 1 saturated heterocycles. The number of hydrogen-bond donors (Lipinski definition) is 2. The lowest BCUT2D eigenvalue weighted by Gasteiger charge is -2.11. The normalized spacial score (nSPS) is 18.8. The molecular weight excluding hydrogens is 222 g/mol. The zero-order valence-electron chi connectivity index (χ0n) is 9.60. The lowest BCUT2D eigenvalue weighted by atomic mass is 10.3. The summed E-state index contributed by atoms with van der Waals surface area (Å²) in [6.45, 7) is 1.28. The molecule has 1 aliphatic rings. The Morgan fingerprint density at radius 1 is 1.59 bits per heavy atom. The summed E-state index contributed by atoms with van der Waals surface area (Å²) in [5.41, 5.74) is 0.627. The third-order valence-electron chi connectivity index (χ3n) is 2.47. The Bertz CT molecular complexity index is 374. The number of amides is 2. The van der Waals surface area contributed by atoms with Gasteiger partial charge in [-0.1, -0.05) is 0 Å². The maximum atomic E-state index is 11.6. The first kappa shape index (κ1) is 11.7. The number of carbonyl (C=O) groups excluding carboxylic acids is 1. The smallest absolute Gasteiger partial charge is 0.319 e. The monoisotopic (exact) mass is 237 g/mol. The lowest BCUT2D eigenvalue weighted by molar-refractivity contribution is 0.189. The predicted molar refractivity (Wildman–Crippen MR) is 62.2 cm³/mol. The molecule has 1 atom stereocenters. The number of nitrogens with zero attached hydrogens (tertiary/aromatic N) is 1. The molecule has 0 unspecified atom stereocenters. The van der Waals surface area contributed by atoms with Crippen molar-refractivity contribution in [2.45, 2.75) is 12.5 Å². The molecule has 0 saturated carbocycles. The van der Waals surface area contributed by atoms with Gasteiger partial charge in [0.05, 0.1) is 31.6 Å². The fourth-order valence-corrected chi connectivity index (χ4v) is 1.58. The molecule has 1 aromatic heterocycles. The van der Waals surface area contributed by atoms with Gasteiger partial charge in [-0.05, 0) is 12.5 Å². The minimum Gasteiger partial charge on any atom is -0.481 e. The number of aromatic nitrogens is 1. The number of pyridine rings is 1. The van der Waals surface area contributed by atoms with Crippen LogP contribution in [0.5, 0.6) is 5.88 Å². The summed E-state index contributed by atoms with van der Waals surface area (Å²) in [5.74, 6) is 0.514. The van der Waals surface area contributed by atoms with Crippen molar-refractivity contribution in [1.82, 2.24) is 10.3 Å². The molecule has 1 aromatic rings. The fourth-order valence-electron chi connectivity index (χ4n) is 1.58. The molecule has 0 radical (unpaired) electrons. The van der Waals surface area contributed by atoms with Gasteiger partial charge in [0.1, 0.15) is 0 Å². The molecule has 1 fully saturated rings. The molecule has 92 valence electrons. The van der Waals surface area contributed by atoms with Crippen LogP contribution in [-0.2, 0) is 4.74 Å². The van der Waals surface area contributed by atoms with Crippen molar-refractivity contribution in [2.75, 3.05) is 25.6 Å². The first-order valence-corrected chi connectivity index (χ1v) is 5.43. The average molecular weight is 237 g/mol.